The van der Waals surface area contributed by atoms with E-state index in [1.54, 1.807) is 16.8 Å². The van der Waals surface area contributed by atoms with Gasteiger partial charge in [-0.1, -0.05) is 6.07 Å². The van der Waals surface area contributed by atoms with E-state index in [0.717, 1.165) is 6.42 Å². The van der Waals surface area contributed by atoms with Crippen molar-refractivity contribution in [1.82, 2.24) is 9.78 Å². The molecule has 5 heteroatoms. The average molecular weight is 272 g/mol. The molecule has 2 aromatic rings. The molecule has 2 N–H and O–H groups in total. The van der Waals surface area contributed by atoms with E-state index in [4.69, 9.17) is 5.73 Å². The summed E-state index contributed by atoms with van der Waals surface area (Å²) < 4.78 is 15.9. The van der Waals surface area contributed by atoms with Crippen LogP contribution in [0.3, 0.4) is 0 Å². The molecule has 1 aromatic heterocycles. The fourth-order valence-corrected chi connectivity index (χ4v) is 2.14. The SMILES string of the molecule is NCCCn1nc2cccc(F)c2c1Br. The van der Waals surface area contributed by atoms with Crippen LogP contribution < -0.4 is 5.73 Å². The first-order valence-electron chi connectivity index (χ1n) is 4.74. The number of nitrogens with two attached hydrogens (primary N) is 1. The number of rotatable bonds is 3. The molecule has 0 radical (unpaired) electrons. The average Bonchev–Trinajstić information content (AvgIpc) is 2.54. The van der Waals surface area contributed by atoms with Gasteiger partial charge in [0.05, 0.1) is 10.9 Å². The second-order valence-electron chi connectivity index (χ2n) is 3.29. The third-order valence-corrected chi connectivity index (χ3v) is 3.03. The van der Waals surface area contributed by atoms with Crippen molar-refractivity contribution in [2.45, 2.75) is 13.0 Å². The summed E-state index contributed by atoms with van der Waals surface area (Å²) >= 11 is 3.35. The summed E-state index contributed by atoms with van der Waals surface area (Å²) in [7, 11) is 0. The molecule has 80 valence electrons. The smallest absolute Gasteiger partial charge is 0.135 e. The molecule has 0 bridgehead atoms. The minimum absolute atomic E-state index is 0.252. The fourth-order valence-electron chi connectivity index (χ4n) is 1.49. The second-order valence-corrected chi connectivity index (χ2v) is 4.04. The van der Waals surface area contributed by atoms with E-state index in [0.29, 0.717) is 28.6 Å². The molecule has 0 saturated carbocycles. The Morgan fingerprint density at radius 3 is 2.93 bits per heavy atom. The van der Waals surface area contributed by atoms with Gasteiger partial charge in [-0.15, -0.1) is 0 Å². The van der Waals surface area contributed by atoms with Gasteiger partial charge in [-0.3, -0.25) is 4.68 Å². The molecular formula is C10H11BrFN3. The zero-order chi connectivity index (χ0) is 10.8. The van der Waals surface area contributed by atoms with Crippen LogP contribution in [-0.2, 0) is 6.54 Å². The molecule has 0 aliphatic heterocycles. The highest BCUT2D eigenvalue weighted by Gasteiger charge is 2.11. The number of fused-ring (bicyclic) bond motifs is 1. The molecule has 0 aliphatic rings. The maximum Gasteiger partial charge on any atom is 0.135 e. The van der Waals surface area contributed by atoms with Crippen molar-refractivity contribution in [3.8, 4) is 0 Å². The number of hydrogen-bond acceptors (Lipinski definition) is 2. The van der Waals surface area contributed by atoms with Crippen molar-refractivity contribution < 1.29 is 4.39 Å². The number of hydrogen-bond donors (Lipinski definition) is 1. The summed E-state index contributed by atoms with van der Waals surface area (Å²) in [6.07, 6.45) is 0.828. The standard InChI is InChI=1S/C10H11BrFN3/c11-10-9-7(12)3-1-4-8(9)14-15(10)6-2-5-13/h1,3-4H,2,5-6,13H2. The lowest BCUT2D eigenvalue weighted by Gasteiger charge is -2.00. The molecule has 0 spiro atoms. The van der Waals surface area contributed by atoms with E-state index in [-0.39, 0.29) is 5.82 Å². The van der Waals surface area contributed by atoms with Gasteiger partial charge in [0.15, 0.2) is 0 Å². The number of nitrogens with zero attached hydrogens (tertiary/aromatic N) is 2. The maximum atomic E-state index is 13.5. The van der Waals surface area contributed by atoms with Crippen molar-refractivity contribution >= 4 is 26.8 Å². The molecule has 0 amide bonds. The van der Waals surface area contributed by atoms with Crippen molar-refractivity contribution in [1.29, 1.82) is 0 Å². The van der Waals surface area contributed by atoms with Gasteiger partial charge in [0, 0.05) is 6.54 Å². The highest BCUT2D eigenvalue weighted by Crippen LogP contribution is 2.26. The molecular weight excluding hydrogens is 261 g/mol. The van der Waals surface area contributed by atoms with E-state index >= 15 is 0 Å². The third-order valence-electron chi connectivity index (χ3n) is 2.23. The van der Waals surface area contributed by atoms with Crippen LogP contribution in [0.15, 0.2) is 22.8 Å². The minimum Gasteiger partial charge on any atom is -0.330 e. The Morgan fingerprint density at radius 2 is 2.27 bits per heavy atom. The topological polar surface area (TPSA) is 43.8 Å². The van der Waals surface area contributed by atoms with E-state index < -0.39 is 0 Å². The Hall–Kier alpha value is -0.940. The van der Waals surface area contributed by atoms with Crippen LogP contribution in [0, 0.1) is 5.82 Å². The van der Waals surface area contributed by atoms with Crippen LogP contribution in [0.4, 0.5) is 4.39 Å². The van der Waals surface area contributed by atoms with E-state index in [1.165, 1.54) is 6.07 Å². The highest BCUT2D eigenvalue weighted by molar-refractivity contribution is 9.10. The van der Waals surface area contributed by atoms with Crippen LogP contribution >= 0.6 is 15.9 Å². The van der Waals surface area contributed by atoms with Crippen LogP contribution in [0.5, 0.6) is 0 Å². The molecule has 2 rings (SSSR count). The Morgan fingerprint density at radius 1 is 1.47 bits per heavy atom. The van der Waals surface area contributed by atoms with Gasteiger partial charge in [-0.2, -0.15) is 5.10 Å². The first-order chi connectivity index (χ1) is 7.24. The van der Waals surface area contributed by atoms with Crippen LogP contribution in [0.25, 0.3) is 10.9 Å². The summed E-state index contributed by atoms with van der Waals surface area (Å²) in [6.45, 7) is 1.30. The summed E-state index contributed by atoms with van der Waals surface area (Å²) in [6, 6.07) is 4.88. The van der Waals surface area contributed by atoms with Gasteiger partial charge < -0.3 is 5.73 Å². The molecule has 1 aromatic carbocycles. The zero-order valence-electron chi connectivity index (χ0n) is 8.08. The lowest BCUT2D eigenvalue weighted by molar-refractivity contribution is 0.578. The predicted molar refractivity (Wildman–Crippen MR) is 61.1 cm³/mol. The molecule has 0 atom stereocenters. The number of aryl methyl sites for hydroxylation is 1. The molecule has 1 heterocycles. The quantitative estimate of drug-likeness (QED) is 0.931. The number of aromatic nitrogens is 2. The summed E-state index contributed by atoms with van der Waals surface area (Å²) in [5.41, 5.74) is 6.09. The Kier molecular flexibility index (Phi) is 3.02. The molecule has 15 heavy (non-hydrogen) atoms. The lowest BCUT2D eigenvalue weighted by atomic mass is 10.2. The van der Waals surface area contributed by atoms with Crippen LogP contribution in [-0.4, -0.2) is 16.3 Å². The largest absolute Gasteiger partial charge is 0.330 e. The van der Waals surface area contributed by atoms with Crippen molar-refractivity contribution in [3.05, 3.63) is 28.6 Å². The van der Waals surface area contributed by atoms with Gasteiger partial charge in [0.2, 0.25) is 0 Å². The first kappa shape index (κ1) is 10.6. The van der Waals surface area contributed by atoms with Crippen LogP contribution in [0.2, 0.25) is 0 Å². The molecule has 0 fully saturated rings. The summed E-state index contributed by atoms with van der Waals surface area (Å²) in [4.78, 5) is 0. The molecule has 0 saturated heterocycles. The third kappa shape index (κ3) is 1.89. The minimum atomic E-state index is -0.252. The van der Waals surface area contributed by atoms with E-state index in [1.807, 2.05) is 0 Å². The Balaban J connectivity index is 2.50. The lowest BCUT2D eigenvalue weighted by Crippen LogP contribution is -2.06. The van der Waals surface area contributed by atoms with E-state index in [9.17, 15) is 4.39 Å². The molecule has 0 unspecified atom stereocenters. The summed E-state index contributed by atoms with van der Waals surface area (Å²) in [5, 5.41) is 4.82. The van der Waals surface area contributed by atoms with Gasteiger partial charge >= 0.3 is 0 Å². The first-order valence-corrected chi connectivity index (χ1v) is 5.54. The highest BCUT2D eigenvalue weighted by atomic mass is 79.9. The normalized spacial score (nSPS) is 11.1. The van der Waals surface area contributed by atoms with Crippen molar-refractivity contribution in [2.24, 2.45) is 5.73 Å². The van der Waals surface area contributed by atoms with E-state index in [2.05, 4.69) is 21.0 Å². The number of halogens is 2. The monoisotopic (exact) mass is 271 g/mol. The van der Waals surface area contributed by atoms with Crippen molar-refractivity contribution in [3.63, 3.8) is 0 Å². The fraction of sp³-hybridized carbons (Fsp3) is 0.300. The predicted octanol–water partition coefficient (Wildman–Crippen LogP) is 2.29. The van der Waals surface area contributed by atoms with Gasteiger partial charge in [0.1, 0.15) is 10.4 Å². The van der Waals surface area contributed by atoms with Crippen molar-refractivity contribution in [2.75, 3.05) is 6.54 Å². The van der Waals surface area contributed by atoms with Crippen LogP contribution in [0.1, 0.15) is 6.42 Å². The van der Waals surface area contributed by atoms with Gasteiger partial charge in [0.25, 0.3) is 0 Å². The molecule has 3 nitrogen and oxygen atoms in total. The second kappa shape index (κ2) is 4.28. The summed E-state index contributed by atoms with van der Waals surface area (Å²) in [5.74, 6) is -0.252. The van der Waals surface area contributed by atoms with Gasteiger partial charge in [-0.25, -0.2) is 4.39 Å². The van der Waals surface area contributed by atoms with Gasteiger partial charge in [-0.05, 0) is 41.0 Å². The Labute approximate surface area is 95.2 Å². The maximum absolute atomic E-state index is 13.5. The number of benzene rings is 1. The Bertz CT molecular complexity index is 481. The zero-order valence-corrected chi connectivity index (χ0v) is 9.67. The molecule has 0 aliphatic carbocycles.